The Kier molecular flexibility index (Phi) is 3.46. The van der Waals surface area contributed by atoms with E-state index >= 15 is 0 Å². The molecule has 0 spiro atoms. The van der Waals surface area contributed by atoms with Crippen molar-refractivity contribution in [2.75, 3.05) is 13.7 Å². The SMILES string of the molecule is COc1ccc(CN2CC(C)(C(=O)O)CC2=O)cc1. The van der Waals surface area contributed by atoms with Gasteiger partial charge in [-0.2, -0.15) is 0 Å². The lowest BCUT2D eigenvalue weighted by Crippen LogP contribution is -2.31. The van der Waals surface area contributed by atoms with Crippen LogP contribution in [0, 0.1) is 5.41 Å². The molecule has 5 nitrogen and oxygen atoms in total. The van der Waals surface area contributed by atoms with E-state index in [1.54, 1.807) is 18.9 Å². The van der Waals surface area contributed by atoms with E-state index < -0.39 is 11.4 Å². The van der Waals surface area contributed by atoms with E-state index in [4.69, 9.17) is 9.84 Å². The van der Waals surface area contributed by atoms with E-state index in [1.165, 1.54) is 0 Å². The van der Waals surface area contributed by atoms with Gasteiger partial charge < -0.3 is 14.7 Å². The highest BCUT2D eigenvalue weighted by Crippen LogP contribution is 2.32. The molecule has 102 valence electrons. The van der Waals surface area contributed by atoms with Crippen LogP contribution in [-0.4, -0.2) is 35.5 Å². The molecule has 0 radical (unpaired) electrons. The Morgan fingerprint density at radius 1 is 1.42 bits per heavy atom. The Morgan fingerprint density at radius 2 is 2.05 bits per heavy atom. The van der Waals surface area contributed by atoms with Crippen molar-refractivity contribution in [3.8, 4) is 5.75 Å². The molecule has 1 aromatic rings. The van der Waals surface area contributed by atoms with Crippen LogP contribution in [0.25, 0.3) is 0 Å². The van der Waals surface area contributed by atoms with E-state index in [2.05, 4.69) is 0 Å². The molecule has 0 aliphatic carbocycles. The first-order chi connectivity index (χ1) is 8.94. The van der Waals surface area contributed by atoms with Gasteiger partial charge in [0.2, 0.25) is 5.91 Å². The second-order valence-electron chi connectivity index (χ2n) is 5.14. The lowest BCUT2D eigenvalue weighted by molar-refractivity contribution is -0.147. The number of rotatable bonds is 4. The largest absolute Gasteiger partial charge is 0.497 e. The van der Waals surface area contributed by atoms with Crippen LogP contribution in [0.3, 0.4) is 0 Å². The summed E-state index contributed by atoms with van der Waals surface area (Å²) in [6.45, 7) is 2.31. The maximum absolute atomic E-state index is 11.9. The van der Waals surface area contributed by atoms with Gasteiger partial charge in [-0.05, 0) is 24.6 Å². The minimum absolute atomic E-state index is 0.0679. The maximum atomic E-state index is 11.9. The molecule has 1 aromatic carbocycles. The Bertz CT molecular complexity index is 497. The quantitative estimate of drug-likeness (QED) is 0.894. The maximum Gasteiger partial charge on any atom is 0.311 e. The van der Waals surface area contributed by atoms with Gasteiger partial charge in [-0.3, -0.25) is 9.59 Å². The lowest BCUT2D eigenvalue weighted by Gasteiger charge is -2.20. The van der Waals surface area contributed by atoms with Gasteiger partial charge in [0.05, 0.1) is 12.5 Å². The fourth-order valence-electron chi connectivity index (χ4n) is 2.25. The highest BCUT2D eigenvalue weighted by atomic mass is 16.5. The zero-order chi connectivity index (χ0) is 14.0. The fourth-order valence-corrected chi connectivity index (χ4v) is 2.25. The number of carboxylic acids is 1. The van der Waals surface area contributed by atoms with Crippen molar-refractivity contribution in [3.63, 3.8) is 0 Å². The molecule has 1 aliphatic heterocycles. The van der Waals surface area contributed by atoms with Gasteiger partial charge in [-0.15, -0.1) is 0 Å². The molecule has 0 aromatic heterocycles. The number of carbonyl (C=O) groups is 2. The monoisotopic (exact) mass is 263 g/mol. The number of benzene rings is 1. The van der Waals surface area contributed by atoms with Gasteiger partial charge in [0.1, 0.15) is 5.75 Å². The summed E-state index contributed by atoms with van der Waals surface area (Å²) in [4.78, 5) is 24.6. The van der Waals surface area contributed by atoms with Gasteiger partial charge in [0.15, 0.2) is 0 Å². The normalized spacial score (nSPS) is 22.6. The summed E-state index contributed by atoms with van der Waals surface area (Å²) in [5.74, 6) is -0.273. The number of methoxy groups -OCH3 is 1. The second kappa shape index (κ2) is 4.91. The molecule has 1 fully saturated rings. The fraction of sp³-hybridized carbons (Fsp3) is 0.429. The third-order valence-corrected chi connectivity index (χ3v) is 3.48. The number of carboxylic acid groups (broad SMARTS) is 1. The highest BCUT2D eigenvalue weighted by molar-refractivity contribution is 5.88. The zero-order valence-corrected chi connectivity index (χ0v) is 11.0. The molecular formula is C14H17NO4. The van der Waals surface area contributed by atoms with Crippen molar-refractivity contribution in [3.05, 3.63) is 29.8 Å². The highest BCUT2D eigenvalue weighted by Gasteiger charge is 2.45. The third-order valence-electron chi connectivity index (χ3n) is 3.48. The first-order valence-electron chi connectivity index (χ1n) is 6.09. The molecule has 19 heavy (non-hydrogen) atoms. The zero-order valence-electron chi connectivity index (χ0n) is 11.0. The molecule has 5 heteroatoms. The van der Waals surface area contributed by atoms with Crippen LogP contribution >= 0.6 is 0 Å². The second-order valence-corrected chi connectivity index (χ2v) is 5.14. The average molecular weight is 263 g/mol. The van der Waals surface area contributed by atoms with Crippen molar-refractivity contribution < 1.29 is 19.4 Å². The first-order valence-corrected chi connectivity index (χ1v) is 6.09. The van der Waals surface area contributed by atoms with E-state index in [1.807, 2.05) is 24.3 Å². The van der Waals surface area contributed by atoms with Crippen LogP contribution in [0.5, 0.6) is 5.75 Å². The summed E-state index contributed by atoms with van der Waals surface area (Å²) >= 11 is 0. The molecule has 2 rings (SSSR count). The smallest absolute Gasteiger partial charge is 0.311 e. The van der Waals surface area contributed by atoms with Crippen molar-refractivity contribution in [2.24, 2.45) is 5.41 Å². The van der Waals surface area contributed by atoms with Gasteiger partial charge in [0, 0.05) is 19.5 Å². The molecule has 1 N–H and O–H groups in total. The molecule has 1 saturated heterocycles. The molecule has 0 bridgehead atoms. The van der Waals surface area contributed by atoms with Crippen LogP contribution in [0.1, 0.15) is 18.9 Å². The minimum atomic E-state index is -0.969. The number of ether oxygens (including phenoxy) is 1. The number of amides is 1. The minimum Gasteiger partial charge on any atom is -0.497 e. The topological polar surface area (TPSA) is 66.8 Å². The Morgan fingerprint density at radius 3 is 2.53 bits per heavy atom. The van der Waals surface area contributed by atoms with Gasteiger partial charge in [-0.25, -0.2) is 0 Å². The molecule has 0 saturated carbocycles. The van der Waals surface area contributed by atoms with Gasteiger partial charge in [0.25, 0.3) is 0 Å². The van der Waals surface area contributed by atoms with Gasteiger partial charge >= 0.3 is 5.97 Å². The van der Waals surface area contributed by atoms with E-state index in [-0.39, 0.29) is 18.9 Å². The summed E-state index contributed by atoms with van der Waals surface area (Å²) in [5, 5.41) is 9.15. The Balaban J connectivity index is 2.07. The molecule has 1 unspecified atom stereocenters. The summed E-state index contributed by atoms with van der Waals surface area (Å²) in [6, 6.07) is 7.41. The van der Waals surface area contributed by atoms with Crippen molar-refractivity contribution in [2.45, 2.75) is 19.9 Å². The summed E-state index contributed by atoms with van der Waals surface area (Å²) in [6.07, 6.45) is 0.0679. The Hall–Kier alpha value is -2.04. The number of aliphatic carboxylic acids is 1. The van der Waals surface area contributed by atoms with Gasteiger partial charge in [-0.1, -0.05) is 12.1 Å². The lowest BCUT2D eigenvalue weighted by atomic mass is 9.90. The first kappa shape index (κ1) is 13.4. The number of hydrogen-bond acceptors (Lipinski definition) is 3. The number of nitrogens with zero attached hydrogens (tertiary/aromatic N) is 1. The van der Waals surface area contributed by atoms with Crippen molar-refractivity contribution in [1.29, 1.82) is 0 Å². The van der Waals surface area contributed by atoms with E-state index in [0.717, 1.165) is 11.3 Å². The molecule has 1 aliphatic rings. The average Bonchev–Trinajstić information content (AvgIpc) is 2.67. The summed E-state index contributed by atoms with van der Waals surface area (Å²) in [5.41, 5.74) is -0.00686. The Labute approximate surface area is 111 Å². The van der Waals surface area contributed by atoms with Crippen LogP contribution in [0.2, 0.25) is 0 Å². The molecule has 1 heterocycles. The number of carbonyl (C=O) groups excluding carboxylic acids is 1. The molecular weight excluding hydrogens is 246 g/mol. The summed E-state index contributed by atoms with van der Waals surface area (Å²) in [7, 11) is 1.59. The standard InChI is InChI=1S/C14H17NO4/c1-14(13(17)18)7-12(16)15(9-14)8-10-3-5-11(19-2)6-4-10/h3-6H,7-9H2,1-2H3,(H,17,18). The van der Waals surface area contributed by atoms with Crippen molar-refractivity contribution >= 4 is 11.9 Å². The third kappa shape index (κ3) is 2.70. The van der Waals surface area contributed by atoms with Crippen molar-refractivity contribution in [1.82, 2.24) is 4.90 Å². The predicted octanol–water partition coefficient (Wildman–Crippen LogP) is 1.52. The number of likely N-dealkylation sites (tertiary alicyclic amines) is 1. The van der Waals surface area contributed by atoms with Crippen LogP contribution in [0.15, 0.2) is 24.3 Å². The van der Waals surface area contributed by atoms with Crippen LogP contribution in [-0.2, 0) is 16.1 Å². The predicted molar refractivity (Wildman–Crippen MR) is 68.8 cm³/mol. The van der Waals surface area contributed by atoms with E-state index in [9.17, 15) is 9.59 Å². The number of hydrogen-bond donors (Lipinski definition) is 1. The molecule has 1 amide bonds. The van der Waals surface area contributed by atoms with Crippen LogP contribution in [0.4, 0.5) is 0 Å². The summed E-state index contributed by atoms with van der Waals surface area (Å²) < 4.78 is 5.07. The molecule has 1 atom stereocenters. The van der Waals surface area contributed by atoms with Crippen LogP contribution < -0.4 is 4.74 Å². The van der Waals surface area contributed by atoms with E-state index in [0.29, 0.717) is 6.54 Å².